The molecule has 0 radical (unpaired) electrons. The molecule has 0 heteroatoms. The molecule has 0 heterocycles. The van der Waals surface area contributed by atoms with Gasteiger partial charge >= 0.3 is 0 Å². The molecular formula is C10H20. The monoisotopic (exact) mass is 140 g/mol. The number of hydrogen-bond donors (Lipinski definition) is 0. The molecule has 0 aliphatic rings. The van der Waals surface area contributed by atoms with Crippen LogP contribution in [0.3, 0.4) is 0 Å². The summed E-state index contributed by atoms with van der Waals surface area (Å²) >= 11 is 0. The van der Waals surface area contributed by atoms with Gasteiger partial charge in [0.25, 0.3) is 0 Å². The quantitative estimate of drug-likeness (QED) is 0.513. The Bertz CT molecular complexity index is 80.0. The molecule has 0 spiro atoms. The molecule has 0 bridgehead atoms. The summed E-state index contributed by atoms with van der Waals surface area (Å²) in [6, 6.07) is 0. The van der Waals surface area contributed by atoms with Crippen LogP contribution < -0.4 is 0 Å². The highest BCUT2D eigenvalue weighted by Crippen LogP contribution is 2.09. The smallest absolute Gasteiger partial charge is 0.0239 e. The number of rotatable bonds is 2. The van der Waals surface area contributed by atoms with Crippen molar-refractivity contribution in [3.63, 3.8) is 0 Å². The van der Waals surface area contributed by atoms with E-state index >= 15 is 0 Å². The van der Waals surface area contributed by atoms with Crippen LogP contribution in [-0.2, 0) is 0 Å². The standard InChI is InChI=1S/C8H16.C2H4/c1-5-6-8(4)7(2)3;1-2/h5-8H,1-4H3;1-2H2/b6-5+;. The van der Waals surface area contributed by atoms with Crippen LogP contribution in [0, 0.1) is 11.8 Å². The normalized spacial score (nSPS) is 12.9. The Hall–Kier alpha value is -0.520. The zero-order chi connectivity index (χ0) is 8.57. The van der Waals surface area contributed by atoms with Crippen molar-refractivity contribution in [2.75, 3.05) is 0 Å². The van der Waals surface area contributed by atoms with E-state index in [4.69, 9.17) is 0 Å². The minimum Gasteiger partial charge on any atom is -0.106 e. The minimum atomic E-state index is 0.736. The van der Waals surface area contributed by atoms with E-state index in [-0.39, 0.29) is 0 Å². The lowest BCUT2D eigenvalue weighted by molar-refractivity contribution is 0.504. The first-order chi connectivity index (χ1) is 4.68. The first-order valence-electron chi connectivity index (χ1n) is 3.81. The van der Waals surface area contributed by atoms with Crippen molar-refractivity contribution >= 4 is 0 Å². The second-order valence-electron chi connectivity index (χ2n) is 2.63. The average molecular weight is 140 g/mol. The highest BCUT2D eigenvalue weighted by molar-refractivity contribution is 4.84. The molecule has 0 aliphatic heterocycles. The average Bonchev–Trinajstić information content (AvgIpc) is 1.93. The maximum Gasteiger partial charge on any atom is -0.0239 e. The van der Waals surface area contributed by atoms with Crippen LogP contribution in [-0.4, -0.2) is 0 Å². The summed E-state index contributed by atoms with van der Waals surface area (Å²) in [7, 11) is 0. The van der Waals surface area contributed by atoms with Crippen LogP contribution in [0.15, 0.2) is 25.3 Å². The van der Waals surface area contributed by atoms with Crippen molar-refractivity contribution in [2.24, 2.45) is 11.8 Å². The third-order valence-electron chi connectivity index (χ3n) is 1.55. The van der Waals surface area contributed by atoms with Gasteiger partial charge in [0.2, 0.25) is 0 Å². The molecular weight excluding hydrogens is 120 g/mol. The molecule has 1 atom stereocenters. The fourth-order valence-corrected chi connectivity index (χ4v) is 0.526. The maximum absolute atomic E-state index is 3.00. The molecule has 0 aromatic rings. The summed E-state index contributed by atoms with van der Waals surface area (Å²) in [6.45, 7) is 14.8. The van der Waals surface area contributed by atoms with Crippen molar-refractivity contribution in [3.8, 4) is 0 Å². The highest BCUT2D eigenvalue weighted by Gasteiger charge is 1.99. The van der Waals surface area contributed by atoms with Crippen LogP contribution in [0.4, 0.5) is 0 Å². The van der Waals surface area contributed by atoms with E-state index in [9.17, 15) is 0 Å². The van der Waals surface area contributed by atoms with Crippen LogP contribution in [0.2, 0.25) is 0 Å². The van der Waals surface area contributed by atoms with Gasteiger partial charge in [0.1, 0.15) is 0 Å². The first-order valence-corrected chi connectivity index (χ1v) is 3.81. The van der Waals surface area contributed by atoms with Gasteiger partial charge < -0.3 is 0 Å². The highest BCUT2D eigenvalue weighted by atomic mass is 14.0. The van der Waals surface area contributed by atoms with E-state index in [0.717, 1.165) is 11.8 Å². The van der Waals surface area contributed by atoms with Crippen LogP contribution >= 0.6 is 0 Å². The summed E-state index contributed by atoms with van der Waals surface area (Å²) in [4.78, 5) is 0. The molecule has 0 aromatic carbocycles. The van der Waals surface area contributed by atoms with Crippen molar-refractivity contribution in [2.45, 2.75) is 27.7 Å². The van der Waals surface area contributed by atoms with E-state index in [1.54, 1.807) is 0 Å². The molecule has 0 saturated carbocycles. The third-order valence-corrected chi connectivity index (χ3v) is 1.55. The van der Waals surface area contributed by atoms with E-state index < -0.39 is 0 Å². The summed E-state index contributed by atoms with van der Waals surface area (Å²) in [5, 5.41) is 0. The zero-order valence-corrected chi connectivity index (χ0v) is 7.72. The fraction of sp³-hybridized carbons (Fsp3) is 0.600. The molecule has 0 nitrogen and oxygen atoms in total. The molecule has 0 N–H and O–H groups in total. The van der Waals surface area contributed by atoms with Gasteiger partial charge in [-0.15, -0.1) is 13.2 Å². The molecule has 10 heavy (non-hydrogen) atoms. The van der Waals surface area contributed by atoms with Gasteiger partial charge in [0.15, 0.2) is 0 Å². The van der Waals surface area contributed by atoms with Gasteiger partial charge in [0, 0.05) is 0 Å². The molecule has 1 unspecified atom stereocenters. The van der Waals surface area contributed by atoms with E-state index in [2.05, 4.69) is 53.0 Å². The Morgan fingerprint density at radius 2 is 1.50 bits per heavy atom. The lowest BCUT2D eigenvalue weighted by Crippen LogP contribution is -1.98. The van der Waals surface area contributed by atoms with Gasteiger partial charge in [0.05, 0.1) is 0 Å². The second kappa shape index (κ2) is 8.48. The Morgan fingerprint density at radius 1 is 1.10 bits per heavy atom. The molecule has 0 fully saturated rings. The van der Waals surface area contributed by atoms with Gasteiger partial charge in [-0.05, 0) is 18.8 Å². The summed E-state index contributed by atoms with van der Waals surface area (Å²) in [5.41, 5.74) is 0. The number of allylic oxidation sites excluding steroid dienone is 2. The SMILES string of the molecule is C/C=C/C(C)C(C)C.C=C. The Morgan fingerprint density at radius 3 is 1.60 bits per heavy atom. The van der Waals surface area contributed by atoms with Crippen molar-refractivity contribution in [1.29, 1.82) is 0 Å². The largest absolute Gasteiger partial charge is 0.106 e. The zero-order valence-electron chi connectivity index (χ0n) is 7.72. The summed E-state index contributed by atoms with van der Waals surface area (Å²) < 4.78 is 0. The number of hydrogen-bond acceptors (Lipinski definition) is 0. The summed E-state index contributed by atoms with van der Waals surface area (Å²) in [5.74, 6) is 1.52. The predicted molar refractivity (Wildman–Crippen MR) is 50.1 cm³/mol. The van der Waals surface area contributed by atoms with E-state index in [1.807, 2.05) is 0 Å². The third kappa shape index (κ3) is 7.48. The van der Waals surface area contributed by atoms with Gasteiger partial charge in [-0.1, -0.05) is 32.9 Å². The summed E-state index contributed by atoms with van der Waals surface area (Å²) in [6.07, 6.45) is 4.36. The minimum absolute atomic E-state index is 0.736. The van der Waals surface area contributed by atoms with Crippen LogP contribution in [0.5, 0.6) is 0 Å². The van der Waals surface area contributed by atoms with Crippen LogP contribution in [0.25, 0.3) is 0 Å². The van der Waals surface area contributed by atoms with Crippen molar-refractivity contribution in [3.05, 3.63) is 25.3 Å². The Labute approximate surface area is 65.7 Å². The predicted octanol–water partition coefficient (Wildman–Crippen LogP) is 3.66. The van der Waals surface area contributed by atoms with Gasteiger partial charge in [-0.2, -0.15) is 0 Å². The van der Waals surface area contributed by atoms with E-state index in [1.165, 1.54) is 0 Å². The topological polar surface area (TPSA) is 0 Å². The second-order valence-corrected chi connectivity index (χ2v) is 2.63. The molecule has 0 aliphatic carbocycles. The first kappa shape index (κ1) is 12.2. The molecule has 0 aromatic heterocycles. The Balaban J connectivity index is 0. The Kier molecular flexibility index (Phi) is 10.3. The lowest BCUT2D eigenvalue weighted by atomic mass is 9.98. The molecule has 60 valence electrons. The fourth-order valence-electron chi connectivity index (χ4n) is 0.526. The van der Waals surface area contributed by atoms with Crippen molar-refractivity contribution in [1.82, 2.24) is 0 Å². The lowest BCUT2D eigenvalue weighted by Gasteiger charge is -2.08. The maximum atomic E-state index is 3.00. The van der Waals surface area contributed by atoms with Crippen LogP contribution in [0.1, 0.15) is 27.7 Å². The molecule has 0 amide bonds. The van der Waals surface area contributed by atoms with Crippen molar-refractivity contribution < 1.29 is 0 Å². The van der Waals surface area contributed by atoms with E-state index in [0.29, 0.717) is 0 Å². The van der Waals surface area contributed by atoms with Gasteiger partial charge in [-0.3, -0.25) is 0 Å². The molecule has 0 saturated heterocycles. The van der Waals surface area contributed by atoms with Gasteiger partial charge in [-0.25, -0.2) is 0 Å². The molecule has 0 rings (SSSR count).